The average molecular weight is 244 g/mol. The maximum absolute atomic E-state index is 8.61. The highest BCUT2D eigenvalue weighted by atomic mass is 32.2. The van der Waals surface area contributed by atoms with Crippen LogP contribution in [0.3, 0.4) is 0 Å². The first-order valence-electron chi connectivity index (χ1n) is 5.21. The van der Waals surface area contributed by atoms with Crippen molar-refractivity contribution in [3.05, 3.63) is 35.7 Å². The standard InChI is InChI=1S/C12H12N4S/c1-9-4-3-5-11(8-9)16-10(2)14-15-12(16)17-7-6-13/h3-5,8H,7H2,1-2H3. The Hall–Kier alpha value is -1.80. The fourth-order valence-corrected chi connectivity index (χ4v) is 2.26. The highest BCUT2D eigenvalue weighted by Gasteiger charge is 2.10. The van der Waals surface area contributed by atoms with Crippen molar-refractivity contribution in [2.45, 2.75) is 19.0 Å². The molecule has 0 amide bonds. The molecule has 0 fully saturated rings. The van der Waals surface area contributed by atoms with E-state index in [0.717, 1.165) is 16.7 Å². The van der Waals surface area contributed by atoms with E-state index in [9.17, 15) is 0 Å². The number of nitriles is 1. The number of benzene rings is 1. The molecule has 0 N–H and O–H groups in total. The van der Waals surface area contributed by atoms with Crippen molar-refractivity contribution in [2.75, 3.05) is 5.75 Å². The highest BCUT2D eigenvalue weighted by Crippen LogP contribution is 2.21. The van der Waals surface area contributed by atoms with Gasteiger partial charge in [-0.3, -0.25) is 4.57 Å². The minimum Gasteiger partial charge on any atom is -0.274 e. The van der Waals surface area contributed by atoms with Crippen LogP contribution in [0, 0.1) is 25.2 Å². The lowest BCUT2D eigenvalue weighted by atomic mass is 10.2. The molecule has 17 heavy (non-hydrogen) atoms. The van der Waals surface area contributed by atoms with Crippen molar-refractivity contribution < 1.29 is 0 Å². The molecule has 2 aromatic rings. The van der Waals surface area contributed by atoms with Gasteiger partial charge in [0.15, 0.2) is 5.16 Å². The molecule has 1 aromatic heterocycles. The van der Waals surface area contributed by atoms with Crippen LogP contribution in [-0.4, -0.2) is 20.5 Å². The van der Waals surface area contributed by atoms with Crippen molar-refractivity contribution in [1.29, 1.82) is 5.26 Å². The van der Waals surface area contributed by atoms with Gasteiger partial charge < -0.3 is 0 Å². The molecule has 1 aromatic carbocycles. The number of aryl methyl sites for hydroxylation is 2. The summed E-state index contributed by atoms with van der Waals surface area (Å²) in [6.45, 7) is 3.96. The monoisotopic (exact) mass is 244 g/mol. The maximum atomic E-state index is 8.61. The second-order valence-electron chi connectivity index (χ2n) is 3.65. The third-order valence-electron chi connectivity index (χ3n) is 2.32. The van der Waals surface area contributed by atoms with Crippen molar-refractivity contribution in [1.82, 2.24) is 14.8 Å². The molecule has 86 valence electrons. The highest BCUT2D eigenvalue weighted by molar-refractivity contribution is 7.99. The summed E-state index contributed by atoms with van der Waals surface area (Å²) >= 11 is 1.40. The zero-order valence-corrected chi connectivity index (χ0v) is 10.5. The van der Waals surface area contributed by atoms with Crippen molar-refractivity contribution in [2.24, 2.45) is 0 Å². The van der Waals surface area contributed by atoms with Crippen molar-refractivity contribution in [3.63, 3.8) is 0 Å². The average Bonchev–Trinajstić information content (AvgIpc) is 2.68. The third-order valence-corrected chi connectivity index (χ3v) is 3.12. The Kier molecular flexibility index (Phi) is 3.45. The molecule has 0 aliphatic rings. The van der Waals surface area contributed by atoms with E-state index in [1.807, 2.05) is 36.6 Å². The van der Waals surface area contributed by atoms with Crippen LogP contribution >= 0.6 is 11.8 Å². The van der Waals surface area contributed by atoms with Crippen LogP contribution in [0.15, 0.2) is 29.4 Å². The number of hydrogen-bond donors (Lipinski definition) is 0. The largest absolute Gasteiger partial charge is 0.274 e. The lowest BCUT2D eigenvalue weighted by molar-refractivity contribution is 0.868. The Balaban J connectivity index is 2.44. The predicted octanol–water partition coefficient (Wildman–Crippen LogP) is 2.50. The van der Waals surface area contributed by atoms with E-state index >= 15 is 0 Å². The first-order chi connectivity index (χ1) is 8.22. The van der Waals surface area contributed by atoms with E-state index in [1.54, 1.807) is 0 Å². The fourth-order valence-electron chi connectivity index (χ4n) is 1.60. The topological polar surface area (TPSA) is 54.5 Å². The number of hydrogen-bond acceptors (Lipinski definition) is 4. The molecule has 0 saturated heterocycles. The second-order valence-corrected chi connectivity index (χ2v) is 4.59. The summed E-state index contributed by atoms with van der Waals surface area (Å²) in [6, 6.07) is 10.2. The van der Waals surface area contributed by atoms with Crippen LogP contribution < -0.4 is 0 Å². The van der Waals surface area contributed by atoms with Crippen LogP contribution in [0.4, 0.5) is 0 Å². The Labute approximate surface area is 104 Å². The lowest BCUT2D eigenvalue weighted by Crippen LogP contribution is -1.99. The lowest BCUT2D eigenvalue weighted by Gasteiger charge is -2.07. The van der Waals surface area contributed by atoms with Gasteiger partial charge >= 0.3 is 0 Å². The molecule has 0 spiro atoms. The molecular formula is C12H12N4S. The molecule has 0 atom stereocenters. The van der Waals surface area contributed by atoms with Crippen molar-refractivity contribution in [3.8, 4) is 11.8 Å². The van der Waals surface area contributed by atoms with E-state index in [1.165, 1.54) is 17.3 Å². The fraction of sp³-hybridized carbons (Fsp3) is 0.250. The molecule has 5 heteroatoms. The summed E-state index contributed by atoms with van der Waals surface area (Å²) in [7, 11) is 0. The van der Waals surface area contributed by atoms with E-state index in [-0.39, 0.29) is 0 Å². The molecular weight excluding hydrogens is 232 g/mol. The van der Waals surface area contributed by atoms with Gasteiger partial charge in [-0.05, 0) is 31.5 Å². The summed E-state index contributed by atoms with van der Waals surface area (Å²) in [5.41, 5.74) is 2.22. The summed E-state index contributed by atoms with van der Waals surface area (Å²) in [6.07, 6.45) is 0. The molecule has 2 rings (SSSR count). The molecule has 1 heterocycles. The molecule has 0 bridgehead atoms. The molecule has 4 nitrogen and oxygen atoms in total. The smallest absolute Gasteiger partial charge is 0.196 e. The van der Waals surface area contributed by atoms with Gasteiger partial charge in [0.1, 0.15) is 5.82 Å². The Bertz CT molecular complexity index is 568. The number of nitrogens with zero attached hydrogens (tertiary/aromatic N) is 4. The molecule has 0 unspecified atom stereocenters. The minimum absolute atomic E-state index is 0.379. The summed E-state index contributed by atoms with van der Waals surface area (Å²) in [5.74, 6) is 1.21. The molecule has 0 saturated carbocycles. The van der Waals surface area contributed by atoms with Gasteiger partial charge in [0.2, 0.25) is 0 Å². The van der Waals surface area contributed by atoms with Crippen LogP contribution in [-0.2, 0) is 0 Å². The number of aromatic nitrogens is 3. The maximum Gasteiger partial charge on any atom is 0.196 e. The van der Waals surface area contributed by atoms with Gasteiger partial charge in [-0.15, -0.1) is 10.2 Å². The zero-order valence-electron chi connectivity index (χ0n) is 9.71. The first kappa shape index (κ1) is 11.7. The van der Waals surface area contributed by atoms with Crippen LogP contribution in [0.2, 0.25) is 0 Å². The Morgan fingerprint density at radius 3 is 2.88 bits per heavy atom. The normalized spacial score (nSPS) is 10.2. The van der Waals surface area contributed by atoms with Gasteiger partial charge in [-0.25, -0.2) is 0 Å². The molecule has 0 aliphatic carbocycles. The molecule has 0 aliphatic heterocycles. The van der Waals surface area contributed by atoms with Crippen LogP contribution in [0.1, 0.15) is 11.4 Å². The quantitative estimate of drug-likeness (QED) is 0.778. The number of thioether (sulfide) groups is 1. The third kappa shape index (κ3) is 2.48. The number of rotatable bonds is 3. The first-order valence-corrected chi connectivity index (χ1v) is 6.19. The SMILES string of the molecule is Cc1cccc(-n2c(C)nnc2SCC#N)c1. The minimum atomic E-state index is 0.379. The Morgan fingerprint density at radius 1 is 1.35 bits per heavy atom. The Morgan fingerprint density at radius 2 is 2.18 bits per heavy atom. The van der Waals surface area contributed by atoms with Crippen LogP contribution in [0.5, 0.6) is 0 Å². The summed E-state index contributed by atoms with van der Waals surface area (Å²) < 4.78 is 1.97. The predicted molar refractivity (Wildman–Crippen MR) is 67.2 cm³/mol. The van der Waals surface area contributed by atoms with Gasteiger partial charge in [-0.1, -0.05) is 23.9 Å². The summed E-state index contributed by atoms with van der Waals surface area (Å²) in [4.78, 5) is 0. The van der Waals surface area contributed by atoms with Crippen molar-refractivity contribution >= 4 is 11.8 Å². The van der Waals surface area contributed by atoms with E-state index in [2.05, 4.69) is 22.3 Å². The van der Waals surface area contributed by atoms with E-state index < -0.39 is 0 Å². The van der Waals surface area contributed by atoms with Gasteiger partial charge in [0, 0.05) is 5.69 Å². The summed E-state index contributed by atoms with van der Waals surface area (Å²) in [5, 5.41) is 17.5. The van der Waals surface area contributed by atoms with Gasteiger partial charge in [0.05, 0.1) is 11.8 Å². The van der Waals surface area contributed by atoms with E-state index in [4.69, 9.17) is 5.26 Å². The second kappa shape index (κ2) is 5.02. The van der Waals surface area contributed by atoms with Crippen LogP contribution in [0.25, 0.3) is 5.69 Å². The van der Waals surface area contributed by atoms with Gasteiger partial charge in [0.25, 0.3) is 0 Å². The zero-order chi connectivity index (χ0) is 12.3. The van der Waals surface area contributed by atoms with E-state index in [0.29, 0.717) is 5.75 Å². The van der Waals surface area contributed by atoms with Gasteiger partial charge in [-0.2, -0.15) is 5.26 Å². The molecule has 0 radical (unpaired) electrons.